The summed E-state index contributed by atoms with van der Waals surface area (Å²) in [6.45, 7) is 16.0. The van der Waals surface area contributed by atoms with Crippen LogP contribution in [0.4, 0.5) is 0 Å². The minimum absolute atomic E-state index is 0.365. The van der Waals surface area contributed by atoms with Crippen LogP contribution < -0.4 is 0 Å². The Balaban J connectivity index is 2.67. The third kappa shape index (κ3) is 2.33. The van der Waals surface area contributed by atoms with Crippen molar-refractivity contribution >= 4 is 21.4 Å². The molecular weight excluding hydrogens is 236 g/mol. The summed E-state index contributed by atoms with van der Waals surface area (Å²) in [5, 5.41) is 1.50. The molecule has 0 aliphatic heterocycles. The summed E-state index contributed by atoms with van der Waals surface area (Å²) in [7, 11) is 0. The molecule has 0 aliphatic rings. The second kappa shape index (κ2) is 4.38. The average molecular weight is 260 g/mol. The van der Waals surface area contributed by atoms with Gasteiger partial charge in [-0.15, -0.1) is 11.3 Å². The van der Waals surface area contributed by atoms with Gasteiger partial charge in [-0.1, -0.05) is 20.8 Å². The number of hydrogen-bond acceptors (Lipinski definition) is 1. The Morgan fingerprint density at radius 2 is 1.56 bits per heavy atom. The molecule has 0 radical (unpaired) electrons. The minimum atomic E-state index is 0.365. The Morgan fingerprint density at radius 1 is 0.944 bits per heavy atom. The molecule has 98 valence electrons. The molecule has 1 aromatic heterocycles. The molecule has 0 atom stereocenters. The minimum Gasteiger partial charge on any atom is -0.140 e. The lowest BCUT2D eigenvalue weighted by Gasteiger charge is -2.17. The van der Waals surface area contributed by atoms with E-state index >= 15 is 0 Å². The zero-order valence-corrected chi connectivity index (χ0v) is 13.5. The lowest BCUT2D eigenvalue weighted by atomic mass is 9.89. The highest BCUT2D eigenvalue weighted by molar-refractivity contribution is 7.19. The maximum atomic E-state index is 2.36. The fraction of sp³-hybridized carbons (Fsp3) is 0.529. The van der Waals surface area contributed by atoms with Gasteiger partial charge in [-0.25, -0.2) is 0 Å². The lowest BCUT2D eigenvalue weighted by molar-refractivity contribution is 0.414. The van der Waals surface area contributed by atoms with Crippen LogP contribution in [0.2, 0.25) is 0 Å². The molecule has 0 aliphatic carbocycles. The molecule has 0 fully saturated rings. The van der Waals surface area contributed by atoms with Crippen molar-refractivity contribution in [2.75, 3.05) is 0 Å². The normalized spacial score (nSPS) is 12.4. The van der Waals surface area contributed by atoms with E-state index in [0.29, 0.717) is 5.41 Å². The number of benzene rings is 1. The van der Waals surface area contributed by atoms with Gasteiger partial charge < -0.3 is 0 Å². The summed E-state index contributed by atoms with van der Waals surface area (Å²) in [5.74, 6) is 0. The van der Waals surface area contributed by atoms with Crippen molar-refractivity contribution in [2.24, 2.45) is 5.41 Å². The highest BCUT2D eigenvalue weighted by atomic mass is 32.1. The van der Waals surface area contributed by atoms with Crippen molar-refractivity contribution < 1.29 is 0 Å². The predicted octanol–water partition coefficient (Wildman–Crippen LogP) is 5.72. The lowest BCUT2D eigenvalue weighted by Crippen LogP contribution is -2.08. The van der Waals surface area contributed by atoms with E-state index in [1.807, 2.05) is 11.3 Å². The van der Waals surface area contributed by atoms with E-state index in [2.05, 4.69) is 54.5 Å². The summed E-state index contributed by atoms with van der Waals surface area (Å²) in [6.07, 6.45) is 1.18. The molecule has 0 nitrogen and oxygen atoms in total. The van der Waals surface area contributed by atoms with Crippen LogP contribution in [0.25, 0.3) is 10.1 Å². The fourth-order valence-corrected chi connectivity index (χ4v) is 4.26. The predicted molar refractivity (Wildman–Crippen MR) is 83.9 cm³/mol. The number of aryl methyl sites for hydroxylation is 3. The van der Waals surface area contributed by atoms with Gasteiger partial charge in [0.15, 0.2) is 0 Å². The number of thiophene rings is 1. The van der Waals surface area contributed by atoms with Crippen LogP contribution in [-0.2, 0) is 6.42 Å². The fourth-order valence-electron chi connectivity index (χ4n) is 2.59. The van der Waals surface area contributed by atoms with E-state index in [0.717, 1.165) is 0 Å². The molecule has 0 amide bonds. The van der Waals surface area contributed by atoms with E-state index in [4.69, 9.17) is 0 Å². The van der Waals surface area contributed by atoms with Gasteiger partial charge in [-0.05, 0) is 73.2 Å². The van der Waals surface area contributed by atoms with Gasteiger partial charge in [0.05, 0.1) is 0 Å². The van der Waals surface area contributed by atoms with E-state index in [1.165, 1.54) is 38.8 Å². The van der Waals surface area contributed by atoms with Crippen molar-refractivity contribution in [3.8, 4) is 0 Å². The summed E-state index contributed by atoms with van der Waals surface area (Å²) in [6, 6.07) is 2.36. The molecule has 0 unspecified atom stereocenters. The van der Waals surface area contributed by atoms with Gasteiger partial charge in [-0.2, -0.15) is 0 Å². The molecule has 18 heavy (non-hydrogen) atoms. The van der Waals surface area contributed by atoms with E-state index < -0.39 is 0 Å². The maximum absolute atomic E-state index is 2.36. The zero-order valence-electron chi connectivity index (χ0n) is 12.7. The molecule has 2 rings (SSSR count). The summed E-state index contributed by atoms with van der Waals surface area (Å²) in [5.41, 5.74) is 6.21. The smallest absolute Gasteiger partial charge is 0.0353 e. The standard InChI is InChI=1S/C17H24S/c1-10-8-14-16(12(3)11(10)2)13(4)15(18-14)9-17(5,6)7/h8H,9H2,1-7H3. The largest absolute Gasteiger partial charge is 0.140 e. The molecule has 0 N–H and O–H groups in total. The van der Waals surface area contributed by atoms with Crippen LogP contribution >= 0.6 is 11.3 Å². The first-order valence-corrected chi connectivity index (χ1v) is 7.51. The third-order valence-electron chi connectivity index (χ3n) is 3.84. The van der Waals surface area contributed by atoms with E-state index in [1.54, 1.807) is 4.88 Å². The van der Waals surface area contributed by atoms with Gasteiger partial charge >= 0.3 is 0 Å². The van der Waals surface area contributed by atoms with Crippen molar-refractivity contribution in [1.82, 2.24) is 0 Å². The Bertz CT molecular complexity index is 594. The Hall–Kier alpha value is -0.820. The molecular formula is C17H24S. The molecule has 0 saturated carbocycles. The van der Waals surface area contributed by atoms with Crippen LogP contribution in [0.1, 0.15) is 47.9 Å². The SMILES string of the molecule is Cc1cc2sc(CC(C)(C)C)c(C)c2c(C)c1C. The van der Waals surface area contributed by atoms with Crippen molar-refractivity contribution in [2.45, 2.75) is 54.9 Å². The van der Waals surface area contributed by atoms with Gasteiger partial charge in [0.25, 0.3) is 0 Å². The topological polar surface area (TPSA) is 0 Å². The second-order valence-electron chi connectivity index (χ2n) is 6.70. The van der Waals surface area contributed by atoms with Crippen molar-refractivity contribution in [3.05, 3.63) is 33.2 Å². The second-order valence-corrected chi connectivity index (χ2v) is 7.84. The van der Waals surface area contributed by atoms with Gasteiger partial charge in [-0.3, -0.25) is 0 Å². The molecule has 1 heteroatoms. The van der Waals surface area contributed by atoms with Crippen LogP contribution in [0.5, 0.6) is 0 Å². The number of fused-ring (bicyclic) bond motifs is 1. The Morgan fingerprint density at radius 3 is 2.11 bits per heavy atom. The highest BCUT2D eigenvalue weighted by Gasteiger charge is 2.18. The van der Waals surface area contributed by atoms with Crippen LogP contribution in [0.15, 0.2) is 6.07 Å². The number of rotatable bonds is 1. The molecule has 1 aromatic carbocycles. The molecule has 2 aromatic rings. The number of hydrogen-bond donors (Lipinski definition) is 0. The Labute approximate surface area is 115 Å². The van der Waals surface area contributed by atoms with E-state index in [-0.39, 0.29) is 0 Å². The third-order valence-corrected chi connectivity index (χ3v) is 5.08. The van der Waals surface area contributed by atoms with Crippen LogP contribution in [0.3, 0.4) is 0 Å². The first kappa shape index (κ1) is 13.6. The van der Waals surface area contributed by atoms with E-state index in [9.17, 15) is 0 Å². The first-order chi connectivity index (χ1) is 8.20. The van der Waals surface area contributed by atoms with Crippen molar-refractivity contribution in [3.63, 3.8) is 0 Å². The van der Waals surface area contributed by atoms with Crippen LogP contribution in [-0.4, -0.2) is 0 Å². The molecule has 0 bridgehead atoms. The van der Waals surface area contributed by atoms with Crippen molar-refractivity contribution in [1.29, 1.82) is 0 Å². The Kier molecular flexibility index (Phi) is 3.31. The average Bonchev–Trinajstić information content (AvgIpc) is 2.50. The zero-order chi connectivity index (χ0) is 13.7. The molecule has 1 heterocycles. The highest BCUT2D eigenvalue weighted by Crippen LogP contribution is 2.38. The summed E-state index contributed by atoms with van der Waals surface area (Å²) >= 11 is 1.99. The van der Waals surface area contributed by atoms with Crippen LogP contribution in [0, 0.1) is 33.1 Å². The molecule has 0 spiro atoms. The maximum Gasteiger partial charge on any atom is 0.0353 e. The van der Waals surface area contributed by atoms with Gasteiger partial charge in [0.2, 0.25) is 0 Å². The summed E-state index contributed by atoms with van der Waals surface area (Å²) < 4.78 is 1.47. The molecule has 0 saturated heterocycles. The first-order valence-electron chi connectivity index (χ1n) is 6.69. The summed E-state index contributed by atoms with van der Waals surface area (Å²) in [4.78, 5) is 1.56. The quantitative estimate of drug-likeness (QED) is 0.615. The van der Waals surface area contributed by atoms with Gasteiger partial charge in [0, 0.05) is 9.58 Å². The van der Waals surface area contributed by atoms with Gasteiger partial charge in [0.1, 0.15) is 0 Å². The monoisotopic (exact) mass is 260 g/mol.